The Morgan fingerprint density at radius 3 is 1.63 bits per heavy atom. The van der Waals surface area contributed by atoms with Crippen LogP contribution in [0.3, 0.4) is 0 Å². The van der Waals surface area contributed by atoms with Gasteiger partial charge in [0.05, 0.1) is 11.5 Å². The number of hydrogen-bond donors (Lipinski definition) is 1. The molecule has 0 aromatic heterocycles. The minimum Gasteiger partial charge on any atom is -0.384 e. The van der Waals surface area contributed by atoms with Crippen molar-refractivity contribution < 1.29 is 5.11 Å². The van der Waals surface area contributed by atoms with Gasteiger partial charge in [0.25, 0.3) is 0 Å². The largest absolute Gasteiger partial charge is 0.384 e. The SMILES string of the molecule is CC(C)=C1/C(=C/C(O)c2ccccc2)C1(c1ccccc1)c1ccccc1. The normalized spacial score (nSPS) is 17.6. The maximum absolute atomic E-state index is 10.9. The lowest BCUT2D eigenvalue weighted by Crippen LogP contribution is -2.10. The van der Waals surface area contributed by atoms with Crippen molar-refractivity contribution in [3.05, 3.63) is 130 Å². The summed E-state index contributed by atoms with van der Waals surface area (Å²) in [6, 6.07) is 31.1. The fourth-order valence-corrected chi connectivity index (χ4v) is 4.20. The summed E-state index contributed by atoms with van der Waals surface area (Å²) in [4.78, 5) is 0. The van der Waals surface area contributed by atoms with E-state index in [0.29, 0.717) is 0 Å². The number of hydrogen-bond acceptors (Lipinski definition) is 1. The Balaban J connectivity index is 1.91. The third-order valence-corrected chi connectivity index (χ3v) is 5.37. The van der Waals surface area contributed by atoms with E-state index in [4.69, 9.17) is 0 Å². The van der Waals surface area contributed by atoms with Crippen LogP contribution in [0.2, 0.25) is 0 Å². The zero-order valence-corrected chi connectivity index (χ0v) is 15.8. The minimum absolute atomic E-state index is 0.267. The third-order valence-electron chi connectivity index (χ3n) is 5.37. The van der Waals surface area contributed by atoms with Crippen LogP contribution in [0.4, 0.5) is 0 Å². The van der Waals surface area contributed by atoms with Crippen molar-refractivity contribution in [3.63, 3.8) is 0 Å². The quantitative estimate of drug-likeness (QED) is 0.612. The number of aliphatic hydroxyl groups excluding tert-OH is 1. The highest BCUT2D eigenvalue weighted by atomic mass is 16.3. The van der Waals surface area contributed by atoms with Gasteiger partial charge in [0, 0.05) is 0 Å². The van der Waals surface area contributed by atoms with Crippen LogP contribution in [-0.2, 0) is 5.41 Å². The second kappa shape index (κ2) is 7.02. The number of benzene rings is 3. The molecule has 1 N–H and O–H groups in total. The van der Waals surface area contributed by atoms with E-state index in [1.54, 1.807) is 0 Å². The first kappa shape index (κ1) is 17.5. The van der Waals surface area contributed by atoms with E-state index in [9.17, 15) is 5.11 Å². The molecule has 1 aliphatic rings. The second-order valence-electron chi connectivity index (χ2n) is 7.29. The zero-order chi connectivity index (χ0) is 18.9. The Kier molecular flexibility index (Phi) is 4.55. The van der Waals surface area contributed by atoms with Gasteiger partial charge in [-0.15, -0.1) is 0 Å². The van der Waals surface area contributed by atoms with Crippen molar-refractivity contribution >= 4 is 0 Å². The maximum Gasteiger partial charge on any atom is 0.0978 e. The lowest BCUT2D eigenvalue weighted by Gasteiger charge is -2.17. The fourth-order valence-electron chi connectivity index (χ4n) is 4.20. The molecule has 0 aliphatic heterocycles. The molecule has 0 spiro atoms. The summed E-state index contributed by atoms with van der Waals surface area (Å²) in [6.45, 7) is 4.32. The van der Waals surface area contributed by atoms with Crippen LogP contribution in [-0.4, -0.2) is 5.11 Å². The summed E-state index contributed by atoms with van der Waals surface area (Å²) in [7, 11) is 0. The standard InChI is InChI=1S/C26H24O/c1-19(2)25-23(18-24(27)20-12-6-3-7-13-20)26(25,21-14-8-4-9-15-21)22-16-10-5-11-17-22/h3-18,24,27H,1-2H3/b23-18-. The highest BCUT2D eigenvalue weighted by molar-refractivity contribution is 5.80. The lowest BCUT2D eigenvalue weighted by molar-refractivity contribution is 0.228. The van der Waals surface area contributed by atoms with Gasteiger partial charge in [-0.05, 0) is 47.8 Å². The van der Waals surface area contributed by atoms with Gasteiger partial charge in [-0.3, -0.25) is 0 Å². The zero-order valence-electron chi connectivity index (χ0n) is 15.8. The molecule has 0 heterocycles. The van der Waals surface area contributed by atoms with E-state index in [1.165, 1.54) is 27.8 Å². The van der Waals surface area contributed by atoms with Crippen LogP contribution in [0, 0.1) is 0 Å². The van der Waals surface area contributed by atoms with Gasteiger partial charge in [0.1, 0.15) is 0 Å². The summed E-state index contributed by atoms with van der Waals surface area (Å²) in [5.74, 6) is 0. The van der Waals surface area contributed by atoms with Gasteiger partial charge in [-0.1, -0.05) is 96.6 Å². The van der Waals surface area contributed by atoms with E-state index in [1.807, 2.05) is 36.4 Å². The van der Waals surface area contributed by atoms with Crippen molar-refractivity contribution in [1.29, 1.82) is 0 Å². The number of rotatable bonds is 4. The Morgan fingerprint density at radius 2 is 1.19 bits per heavy atom. The van der Waals surface area contributed by atoms with Crippen LogP contribution < -0.4 is 0 Å². The maximum atomic E-state index is 10.9. The molecule has 1 atom stereocenters. The van der Waals surface area contributed by atoms with Gasteiger partial charge in [0.2, 0.25) is 0 Å². The van der Waals surface area contributed by atoms with Crippen molar-refractivity contribution in [2.45, 2.75) is 25.4 Å². The summed E-state index contributed by atoms with van der Waals surface area (Å²) >= 11 is 0. The molecule has 1 unspecified atom stereocenters. The van der Waals surface area contributed by atoms with Crippen molar-refractivity contribution in [2.75, 3.05) is 0 Å². The second-order valence-corrected chi connectivity index (χ2v) is 7.29. The molecule has 134 valence electrons. The molecule has 0 saturated heterocycles. The van der Waals surface area contributed by atoms with Gasteiger partial charge in [-0.2, -0.15) is 0 Å². The van der Waals surface area contributed by atoms with E-state index >= 15 is 0 Å². The minimum atomic E-state index is -0.621. The molecule has 3 aromatic carbocycles. The topological polar surface area (TPSA) is 20.2 Å². The predicted octanol–water partition coefficient (Wildman–Crippen LogP) is 5.98. The average Bonchev–Trinajstić information content (AvgIpc) is 3.39. The summed E-state index contributed by atoms with van der Waals surface area (Å²) in [6.07, 6.45) is 1.40. The van der Waals surface area contributed by atoms with E-state index in [2.05, 4.69) is 74.5 Å². The summed E-state index contributed by atoms with van der Waals surface area (Å²) in [5, 5.41) is 10.9. The first-order valence-corrected chi connectivity index (χ1v) is 9.40. The Labute approximate surface area is 161 Å². The molecule has 1 nitrogen and oxygen atoms in total. The molecular formula is C26H24O. The third kappa shape index (κ3) is 2.94. The number of aliphatic hydroxyl groups is 1. The molecular weight excluding hydrogens is 328 g/mol. The Morgan fingerprint density at radius 1 is 0.741 bits per heavy atom. The van der Waals surface area contributed by atoms with Crippen molar-refractivity contribution in [2.24, 2.45) is 0 Å². The van der Waals surface area contributed by atoms with Gasteiger partial charge in [0.15, 0.2) is 0 Å². The molecule has 4 rings (SSSR count). The highest BCUT2D eigenvalue weighted by Crippen LogP contribution is 2.65. The molecule has 1 aliphatic carbocycles. The first-order chi connectivity index (χ1) is 13.2. The van der Waals surface area contributed by atoms with Crippen LogP contribution in [0.15, 0.2) is 114 Å². The van der Waals surface area contributed by atoms with Crippen LogP contribution in [0.25, 0.3) is 0 Å². The molecule has 27 heavy (non-hydrogen) atoms. The van der Waals surface area contributed by atoms with Gasteiger partial charge in [-0.25, -0.2) is 0 Å². The van der Waals surface area contributed by atoms with Gasteiger partial charge >= 0.3 is 0 Å². The molecule has 1 saturated carbocycles. The molecule has 1 fully saturated rings. The Bertz CT molecular complexity index is 939. The van der Waals surface area contributed by atoms with Crippen LogP contribution in [0.1, 0.15) is 36.6 Å². The first-order valence-electron chi connectivity index (χ1n) is 9.40. The van der Waals surface area contributed by atoms with Gasteiger partial charge < -0.3 is 5.11 Å². The van der Waals surface area contributed by atoms with Crippen LogP contribution in [0.5, 0.6) is 0 Å². The molecule has 0 radical (unpaired) electrons. The van der Waals surface area contributed by atoms with E-state index in [-0.39, 0.29) is 5.41 Å². The Hall–Kier alpha value is -2.90. The smallest absolute Gasteiger partial charge is 0.0978 e. The summed E-state index contributed by atoms with van der Waals surface area (Å²) in [5.41, 5.74) is 6.95. The predicted molar refractivity (Wildman–Crippen MR) is 112 cm³/mol. The van der Waals surface area contributed by atoms with Crippen LogP contribution >= 0.6 is 0 Å². The fraction of sp³-hybridized carbons (Fsp3) is 0.154. The monoisotopic (exact) mass is 352 g/mol. The average molecular weight is 352 g/mol. The molecule has 1 heteroatoms. The highest BCUT2D eigenvalue weighted by Gasteiger charge is 2.57. The van der Waals surface area contributed by atoms with E-state index < -0.39 is 6.10 Å². The van der Waals surface area contributed by atoms with Crippen molar-refractivity contribution in [3.8, 4) is 0 Å². The summed E-state index contributed by atoms with van der Waals surface area (Å²) < 4.78 is 0. The van der Waals surface area contributed by atoms with Crippen molar-refractivity contribution in [1.82, 2.24) is 0 Å². The molecule has 0 bridgehead atoms. The molecule has 0 amide bonds. The lowest BCUT2D eigenvalue weighted by atomic mass is 9.85. The van der Waals surface area contributed by atoms with E-state index in [0.717, 1.165) is 5.56 Å². The molecule has 3 aromatic rings. The number of allylic oxidation sites excluding steroid dienone is 3.